The molecule has 29 heavy (non-hydrogen) atoms. The zero-order valence-electron chi connectivity index (χ0n) is 16.1. The van der Waals surface area contributed by atoms with Crippen molar-refractivity contribution < 1.29 is 9.53 Å². The van der Waals surface area contributed by atoms with E-state index in [1.165, 1.54) is 5.56 Å². The maximum absolute atomic E-state index is 13.6. The minimum atomic E-state index is -0.0511. The highest BCUT2D eigenvalue weighted by Crippen LogP contribution is 2.31. The van der Waals surface area contributed by atoms with Crippen LogP contribution in [0.1, 0.15) is 22.8 Å². The fourth-order valence-electron chi connectivity index (χ4n) is 3.35. The number of benzene rings is 3. The summed E-state index contributed by atoms with van der Waals surface area (Å²) in [5.74, 6) is 1.34. The molecule has 1 heterocycles. The molecule has 0 aliphatic carbocycles. The lowest BCUT2D eigenvalue weighted by Crippen LogP contribution is -2.33. The lowest BCUT2D eigenvalue weighted by Gasteiger charge is -2.21. The Balaban J connectivity index is 1.61. The molecule has 6 heteroatoms. The van der Waals surface area contributed by atoms with Crippen molar-refractivity contribution in [2.45, 2.75) is 12.7 Å². The van der Waals surface area contributed by atoms with Crippen LogP contribution in [0.25, 0.3) is 10.8 Å². The second-order valence-corrected chi connectivity index (χ2v) is 8.49. The van der Waals surface area contributed by atoms with E-state index < -0.39 is 0 Å². The fourth-order valence-corrected chi connectivity index (χ4v) is 4.62. The molecule has 3 aromatic rings. The molecule has 0 unspecified atom stereocenters. The van der Waals surface area contributed by atoms with Crippen molar-refractivity contribution in [2.24, 2.45) is 4.99 Å². The van der Waals surface area contributed by atoms with Gasteiger partial charge in [0.15, 0.2) is 5.17 Å². The molecule has 0 radical (unpaired) electrons. The van der Waals surface area contributed by atoms with Gasteiger partial charge in [-0.15, -0.1) is 0 Å². The highest BCUT2D eigenvalue weighted by molar-refractivity contribution is 9.10. The van der Waals surface area contributed by atoms with Crippen molar-refractivity contribution in [1.29, 1.82) is 0 Å². The van der Waals surface area contributed by atoms with Gasteiger partial charge in [0.2, 0.25) is 0 Å². The van der Waals surface area contributed by atoms with E-state index in [1.54, 1.807) is 16.7 Å². The first kappa shape index (κ1) is 20.0. The van der Waals surface area contributed by atoms with E-state index in [2.05, 4.69) is 33.1 Å². The Morgan fingerprint density at radius 1 is 1.14 bits per heavy atom. The molecule has 1 aliphatic heterocycles. The van der Waals surface area contributed by atoms with Gasteiger partial charge in [-0.1, -0.05) is 70.2 Å². The first-order chi connectivity index (χ1) is 14.2. The topological polar surface area (TPSA) is 41.9 Å². The molecule has 0 saturated heterocycles. The molecule has 0 fully saturated rings. The number of carbonyl (C=O) groups is 1. The van der Waals surface area contributed by atoms with Crippen LogP contribution in [0, 0.1) is 0 Å². The lowest BCUT2D eigenvalue weighted by molar-refractivity contribution is 0.0858. The molecule has 0 spiro atoms. The third kappa shape index (κ3) is 4.33. The highest BCUT2D eigenvalue weighted by atomic mass is 79.9. The van der Waals surface area contributed by atoms with E-state index in [0.717, 1.165) is 26.2 Å². The van der Waals surface area contributed by atoms with E-state index in [9.17, 15) is 4.79 Å². The smallest absolute Gasteiger partial charge is 0.264 e. The van der Waals surface area contributed by atoms with Crippen molar-refractivity contribution in [3.8, 4) is 5.75 Å². The van der Waals surface area contributed by atoms with E-state index in [-0.39, 0.29) is 5.91 Å². The summed E-state index contributed by atoms with van der Waals surface area (Å²) in [5, 5.41) is 2.71. The van der Waals surface area contributed by atoms with Gasteiger partial charge < -0.3 is 4.74 Å². The minimum absolute atomic E-state index is 0.0511. The summed E-state index contributed by atoms with van der Waals surface area (Å²) in [5.41, 5.74) is 1.81. The first-order valence-electron chi connectivity index (χ1n) is 9.55. The van der Waals surface area contributed by atoms with Crippen LogP contribution in [0.2, 0.25) is 0 Å². The second-order valence-electron chi connectivity index (χ2n) is 6.63. The van der Waals surface area contributed by atoms with E-state index in [0.29, 0.717) is 31.0 Å². The normalized spacial score (nSPS) is 13.6. The summed E-state index contributed by atoms with van der Waals surface area (Å²) >= 11 is 5.06. The predicted molar refractivity (Wildman–Crippen MR) is 124 cm³/mol. The van der Waals surface area contributed by atoms with Crippen LogP contribution in [0.3, 0.4) is 0 Å². The van der Waals surface area contributed by atoms with Gasteiger partial charge in [-0.3, -0.25) is 14.7 Å². The van der Waals surface area contributed by atoms with Crippen molar-refractivity contribution >= 4 is 49.5 Å². The molecular weight excluding hydrogens is 448 g/mol. The molecule has 0 aromatic heterocycles. The first-order valence-corrected chi connectivity index (χ1v) is 11.3. The summed E-state index contributed by atoms with van der Waals surface area (Å²) < 4.78 is 6.86. The van der Waals surface area contributed by atoms with Gasteiger partial charge in [-0.25, -0.2) is 0 Å². The standard InChI is InChI=1S/C23H21BrN2O2S/c1-2-28-20-12-9-17-5-3-4-6-19(17)21(20)22(27)26-14-13-25-23(26)29-15-16-7-10-18(24)11-8-16/h3-12H,2,13-15H2,1H3. The molecular formula is C23H21BrN2O2S. The van der Waals surface area contributed by atoms with Gasteiger partial charge in [0.25, 0.3) is 5.91 Å². The summed E-state index contributed by atoms with van der Waals surface area (Å²) in [4.78, 5) is 19.9. The molecule has 4 nitrogen and oxygen atoms in total. The van der Waals surface area contributed by atoms with Gasteiger partial charge in [0, 0.05) is 16.8 Å². The summed E-state index contributed by atoms with van der Waals surface area (Å²) in [6, 6.07) is 20.0. The van der Waals surface area contributed by atoms with Crippen LogP contribution in [0.5, 0.6) is 5.75 Å². The van der Waals surface area contributed by atoms with Gasteiger partial charge in [-0.05, 0) is 41.5 Å². The van der Waals surface area contributed by atoms with Gasteiger partial charge in [-0.2, -0.15) is 0 Å². The zero-order valence-corrected chi connectivity index (χ0v) is 18.5. The minimum Gasteiger partial charge on any atom is -0.493 e. The molecule has 1 amide bonds. The Bertz CT molecular complexity index is 1070. The highest BCUT2D eigenvalue weighted by Gasteiger charge is 2.28. The molecule has 1 aliphatic rings. The SMILES string of the molecule is CCOc1ccc2ccccc2c1C(=O)N1CCN=C1SCc1ccc(Br)cc1. The number of ether oxygens (including phenoxy) is 1. The Morgan fingerprint density at radius 3 is 2.72 bits per heavy atom. The number of halogens is 1. The number of rotatable bonds is 5. The Morgan fingerprint density at radius 2 is 1.93 bits per heavy atom. The second kappa shape index (κ2) is 9.01. The van der Waals surface area contributed by atoms with Crippen LogP contribution in [-0.2, 0) is 5.75 Å². The quantitative estimate of drug-likeness (QED) is 0.478. The number of thioether (sulfide) groups is 1. The summed E-state index contributed by atoms with van der Waals surface area (Å²) in [6.45, 7) is 3.66. The van der Waals surface area contributed by atoms with E-state index in [4.69, 9.17) is 4.74 Å². The summed E-state index contributed by atoms with van der Waals surface area (Å²) in [7, 11) is 0. The zero-order chi connectivity index (χ0) is 20.2. The third-order valence-corrected chi connectivity index (χ3v) is 6.35. The number of nitrogens with zero attached hydrogens (tertiary/aromatic N) is 2. The fraction of sp³-hybridized carbons (Fsp3) is 0.217. The maximum atomic E-state index is 13.6. The van der Waals surface area contributed by atoms with Gasteiger partial charge >= 0.3 is 0 Å². The molecule has 4 rings (SSSR count). The van der Waals surface area contributed by atoms with E-state index in [1.807, 2.05) is 55.5 Å². The number of fused-ring (bicyclic) bond motifs is 1. The monoisotopic (exact) mass is 468 g/mol. The molecule has 0 saturated carbocycles. The summed E-state index contributed by atoms with van der Waals surface area (Å²) in [6.07, 6.45) is 0. The lowest BCUT2D eigenvalue weighted by atomic mass is 10.0. The number of aliphatic imine (C=N–C) groups is 1. The van der Waals surface area contributed by atoms with Gasteiger partial charge in [0.1, 0.15) is 5.75 Å². The van der Waals surface area contributed by atoms with Crippen molar-refractivity contribution in [3.63, 3.8) is 0 Å². The number of hydrogen-bond donors (Lipinski definition) is 0. The Hall–Kier alpha value is -2.31. The molecule has 0 bridgehead atoms. The van der Waals surface area contributed by atoms with Crippen LogP contribution in [0.4, 0.5) is 0 Å². The van der Waals surface area contributed by atoms with Crippen molar-refractivity contribution in [1.82, 2.24) is 4.90 Å². The van der Waals surface area contributed by atoms with E-state index >= 15 is 0 Å². The number of hydrogen-bond acceptors (Lipinski definition) is 4. The molecule has 0 N–H and O–H groups in total. The maximum Gasteiger partial charge on any atom is 0.264 e. The van der Waals surface area contributed by atoms with Crippen molar-refractivity contribution in [3.05, 3.63) is 76.3 Å². The number of amides is 1. The third-order valence-electron chi connectivity index (χ3n) is 4.73. The number of amidine groups is 1. The van der Waals surface area contributed by atoms with Crippen LogP contribution in [0.15, 0.2) is 70.1 Å². The van der Waals surface area contributed by atoms with Crippen molar-refractivity contribution in [2.75, 3.05) is 19.7 Å². The number of carbonyl (C=O) groups excluding carboxylic acids is 1. The largest absolute Gasteiger partial charge is 0.493 e. The Kier molecular flexibility index (Phi) is 6.21. The average Bonchev–Trinajstić information content (AvgIpc) is 3.21. The Labute approximate surface area is 183 Å². The molecule has 0 atom stereocenters. The average molecular weight is 469 g/mol. The van der Waals surface area contributed by atoms with Gasteiger partial charge in [0.05, 0.1) is 18.7 Å². The van der Waals surface area contributed by atoms with Crippen LogP contribution in [-0.4, -0.2) is 35.7 Å². The molecule has 148 valence electrons. The molecule has 3 aromatic carbocycles. The van der Waals surface area contributed by atoms with Crippen LogP contribution >= 0.6 is 27.7 Å². The predicted octanol–water partition coefficient (Wildman–Crippen LogP) is 5.75. The van der Waals surface area contributed by atoms with Crippen LogP contribution < -0.4 is 4.74 Å².